The van der Waals surface area contributed by atoms with Crippen molar-refractivity contribution >= 4 is 17.7 Å². The van der Waals surface area contributed by atoms with Crippen LogP contribution in [0.15, 0.2) is 54.6 Å². The summed E-state index contributed by atoms with van der Waals surface area (Å²) in [6.07, 6.45) is -0.555. The third kappa shape index (κ3) is 4.32. The van der Waals surface area contributed by atoms with E-state index in [0.717, 1.165) is 0 Å². The first-order valence-electron chi connectivity index (χ1n) is 7.39. The van der Waals surface area contributed by atoms with Crippen molar-refractivity contribution in [2.75, 3.05) is 11.9 Å². The van der Waals surface area contributed by atoms with Crippen LogP contribution in [-0.4, -0.2) is 25.1 Å². The number of carbonyl (C=O) groups is 2. The lowest BCUT2D eigenvalue weighted by atomic mass is 10.1. The highest BCUT2D eigenvalue weighted by Gasteiger charge is 2.20. The minimum atomic E-state index is -0.555. The SMILES string of the molecule is CC(C)NC(=O)c1ccccc1N(C)C(=O)Oc1ccccc1. The average Bonchev–Trinajstić information content (AvgIpc) is 2.54. The van der Waals surface area contributed by atoms with E-state index in [1.807, 2.05) is 19.9 Å². The van der Waals surface area contributed by atoms with Gasteiger partial charge in [-0.05, 0) is 38.1 Å². The fourth-order valence-electron chi connectivity index (χ4n) is 2.05. The van der Waals surface area contributed by atoms with Crippen LogP contribution in [0.5, 0.6) is 5.75 Å². The molecular weight excluding hydrogens is 292 g/mol. The van der Waals surface area contributed by atoms with Gasteiger partial charge in [0.2, 0.25) is 0 Å². The molecule has 0 aliphatic rings. The standard InChI is InChI=1S/C18H20N2O3/c1-13(2)19-17(21)15-11-7-8-12-16(15)20(3)18(22)23-14-9-5-4-6-10-14/h4-13H,1-3H3,(H,19,21). The fraction of sp³-hybridized carbons (Fsp3) is 0.222. The maximum atomic E-state index is 12.3. The Kier molecular flexibility index (Phi) is 5.36. The molecule has 1 N–H and O–H groups in total. The molecule has 120 valence electrons. The van der Waals surface area contributed by atoms with Crippen molar-refractivity contribution in [1.82, 2.24) is 5.32 Å². The first-order valence-corrected chi connectivity index (χ1v) is 7.39. The van der Waals surface area contributed by atoms with Gasteiger partial charge in [-0.25, -0.2) is 4.79 Å². The highest BCUT2D eigenvalue weighted by molar-refractivity contribution is 6.03. The summed E-state index contributed by atoms with van der Waals surface area (Å²) >= 11 is 0. The molecule has 0 aliphatic carbocycles. The minimum Gasteiger partial charge on any atom is -0.410 e. The van der Waals surface area contributed by atoms with Crippen molar-refractivity contribution in [2.45, 2.75) is 19.9 Å². The zero-order chi connectivity index (χ0) is 16.8. The molecule has 0 aromatic heterocycles. The summed E-state index contributed by atoms with van der Waals surface area (Å²) < 4.78 is 5.30. The lowest BCUT2D eigenvalue weighted by Gasteiger charge is -2.20. The predicted molar refractivity (Wildman–Crippen MR) is 89.9 cm³/mol. The molecule has 2 amide bonds. The number of carbonyl (C=O) groups excluding carboxylic acids is 2. The zero-order valence-electron chi connectivity index (χ0n) is 13.4. The van der Waals surface area contributed by atoms with E-state index in [1.54, 1.807) is 55.6 Å². The topological polar surface area (TPSA) is 58.6 Å². The average molecular weight is 312 g/mol. The van der Waals surface area contributed by atoms with Crippen LogP contribution < -0.4 is 15.0 Å². The second-order valence-corrected chi connectivity index (χ2v) is 5.39. The molecule has 2 aromatic rings. The lowest BCUT2D eigenvalue weighted by molar-refractivity contribution is 0.0944. The van der Waals surface area contributed by atoms with Crippen LogP contribution in [0.2, 0.25) is 0 Å². The predicted octanol–water partition coefficient (Wildman–Crippen LogP) is 3.46. The summed E-state index contributed by atoms with van der Waals surface area (Å²) in [4.78, 5) is 25.9. The summed E-state index contributed by atoms with van der Waals surface area (Å²) in [5.41, 5.74) is 0.917. The number of anilines is 1. The molecule has 5 nitrogen and oxygen atoms in total. The number of para-hydroxylation sites is 2. The van der Waals surface area contributed by atoms with E-state index in [-0.39, 0.29) is 11.9 Å². The second kappa shape index (κ2) is 7.45. The highest BCUT2D eigenvalue weighted by atomic mass is 16.6. The lowest BCUT2D eigenvalue weighted by Crippen LogP contribution is -2.34. The summed E-state index contributed by atoms with van der Waals surface area (Å²) in [5, 5.41) is 2.83. The largest absolute Gasteiger partial charge is 0.419 e. The van der Waals surface area contributed by atoms with Crippen molar-refractivity contribution in [3.8, 4) is 5.75 Å². The fourth-order valence-corrected chi connectivity index (χ4v) is 2.05. The number of amides is 2. The summed E-state index contributed by atoms with van der Waals surface area (Å²) in [6, 6.07) is 15.7. The van der Waals surface area contributed by atoms with Crippen molar-refractivity contribution in [3.63, 3.8) is 0 Å². The van der Waals surface area contributed by atoms with Gasteiger partial charge in [-0.1, -0.05) is 30.3 Å². The maximum absolute atomic E-state index is 12.3. The molecule has 0 heterocycles. The molecule has 0 fully saturated rings. The molecule has 0 bridgehead atoms. The van der Waals surface area contributed by atoms with Gasteiger partial charge in [0.15, 0.2) is 0 Å². The van der Waals surface area contributed by atoms with Gasteiger partial charge < -0.3 is 10.1 Å². The first kappa shape index (κ1) is 16.5. The van der Waals surface area contributed by atoms with Crippen molar-refractivity contribution < 1.29 is 14.3 Å². The number of rotatable bonds is 4. The highest BCUT2D eigenvalue weighted by Crippen LogP contribution is 2.21. The minimum absolute atomic E-state index is 0.0112. The van der Waals surface area contributed by atoms with E-state index in [4.69, 9.17) is 4.74 Å². The number of nitrogens with one attached hydrogen (secondary N) is 1. The summed E-state index contributed by atoms with van der Waals surface area (Å²) in [6.45, 7) is 3.77. The van der Waals surface area contributed by atoms with E-state index < -0.39 is 6.09 Å². The van der Waals surface area contributed by atoms with Crippen molar-refractivity contribution in [3.05, 3.63) is 60.2 Å². The van der Waals surface area contributed by atoms with E-state index in [0.29, 0.717) is 17.0 Å². The van der Waals surface area contributed by atoms with Gasteiger partial charge in [-0.2, -0.15) is 0 Å². The van der Waals surface area contributed by atoms with Crippen LogP contribution in [0.1, 0.15) is 24.2 Å². The molecular formula is C18H20N2O3. The number of hydrogen-bond donors (Lipinski definition) is 1. The van der Waals surface area contributed by atoms with E-state index in [9.17, 15) is 9.59 Å². The second-order valence-electron chi connectivity index (χ2n) is 5.39. The Morgan fingerprint density at radius 3 is 2.26 bits per heavy atom. The normalized spacial score (nSPS) is 10.3. The van der Waals surface area contributed by atoms with Crippen LogP contribution in [0.4, 0.5) is 10.5 Å². The third-order valence-corrected chi connectivity index (χ3v) is 3.15. The Bertz CT molecular complexity index is 684. The Labute approximate surface area is 135 Å². The Morgan fingerprint density at radius 2 is 1.61 bits per heavy atom. The van der Waals surface area contributed by atoms with Crippen molar-refractivity contribution in [2.24, 2.45) is 0 Å². The van der Waals surface area contributed by atoms with Gasteiger partial charge in [0, 0.05) is 13.1 Å². The maximum Gasteiger partial charge on any atom is 0.419 e. The van der Waals surface area contributed by atoms with Crippen LogP contribution in [0, 0.1) is 0 Å². The molecule has 0 aliphatic heterocycles. The Morgan fingerprint density at radius 1 is 1.00 bits per heavy atom. The molecule has 23 heavy (non-hydrogen) atoms. The third-order valence-electron chi connectivity index (χ3n) is 3.15. The summed E-state index contributed by atoms with van der Waals surface area (Å²) in [5.74, 6) is 0.225. The molecule has 5 heteroatoms. The van der Waals surface area contributed by atoms with E-state index >= 15 is 0 Å². The molecule has 0 atom stereocenters. The monoisotopic (exact) mass is 312 g/mol. The molecule has 2 rings (SSSR count). The molecule has 0 radical (unpaired) electrons. The van der Waals surface area contributed by atoms with Gasteiger partial charge in [-0.3, -0.25) is 9.69 Å². The zero-order valence-corrected chi connectivity index (χ0v) is 13.4. The van der Waals surface area contributed by atoms with Gasteiger partial charge >= 0.3 is 6.09 Å². The number of ether oxygens (including phenoxy) is 1. The molecule has 0 spiro atoms. The van der Waals surface area contributed by atoms with Crippen LogP contribution in [-0.2, 0) is 0 Å². The van der Waals surface area contributed by atoms with Crippen LogP contribution >= 0.6 is 0 Å². The Hall–Kier alpha value is -2.82. The quantitative estimate of drug-likeness (QED) is 0.940. The van der Waals surface area contributed by atoms with Crippen LogP contribution in [0.25, 0.3) is 0 Å². The van der Waals surface area contributed by atoms with E-state index in [1.165, 1.54) is 4.90 Å². The van der Waals surface area contributed by atoms with Gasteiger partial charge in [0.25, 0.3) is 5.91 Å². The Balaban J connectivity index is 2.20. The molecule has 2 aromatic carbocycles. The first-order chi connectivity index (χ1) is 11.0. The number of benzene rings is 2. The molecule has 0 saturated heterocycles. The smallest absolute Gasteiger partial charge is 0.410 e. The van der Waals surface area contributed by atoms with E-state index in [2.05, 4.69) is 5.32 Å². The van der Waals surface area contributed by atoms with Gasteiger partial charge in [0.05, 0.1) is 11.3 Å². The van der Waals surface area contributed by atoms with Gasteiger partial charge in [-0.15, -0.1) is 0 Å². The van der Waals surface area contributed by atoms with Gasteiger partial charge in [0.1, 0.15) is 5.75 Å². The molecule has 0 saturated carbocycles. The summed E-state index contributed by atoms with van der Waals surface area (Å²) in [7, 11) is 1.58. The van der Waals surface area contributed by atoms with Crippen molar-refractivity contribution in [1.29, 1.82) is 0 Å². The van der Waals surface area contributed by atoms with Crippen LogP contribution in [0.3, 0.4) is 0 Å². The number of hydrogen-bond acceptors (Lipinski definition) is 3. The number of nitrogens with zero attached hydrogens (tertiary/aromatic N) is 1. The molecule has 0 unspecified atom stereocenters.